The molecule has 1 aromatic carbocycles. The molecule has 3 nitrogen and oxygen atoms in total. The van der Waals surface area contributed by atoms with Crippen molar-refractivity contribution >= 4 is 17.3 Å². The van der Waals surface area contributed by atoms with Gasteiger partial charge in [0, 0.05) is 23.3 Å². The van der Waals surface area contributed by atoms with Crippen molar-refractivity contribution in [2.75, 3.05) is 11.9 Å². The van der Waals surface area contributed by atoms with Crippen molar-refractivity contribution in [1.29, 1.82) is 0 Å². The topological polar surface area (TPSA) is 34.1 Å². The number of nitrogens with zero attached hydrogens (tertiary/aromatic N) is 1. The first-order valence-electron chi connectivity index (χ1n) is 5.96. The number of rotatable bonds is 5. The van der Waals surface area contributed by atoms with Gasteiger partial charge in [-0.3, -0.25) is 0 Å². The van der Waals surface area contributed by atoms with Crippen molar-refractivity contribution in [1.82, 2.24) is 4.98 Å². The summed E-state index contributed by atoms with van der Waals surface area (Å²) in [5, 5.41) is 3.49. The quantitative estimate of drug-likeness (QED) is 0.902. The number of hydrogen-bond acceptors (Lipinski definition) is 3. The highest BCUT2D eigenvalue weighted by Gasteiger charge is 2.06. The molecule has 0 amide bonds. The van der Waals surface area contributed by atoms with Crippen molar-refractivity contribution in [3.05, 3.63) is 52.9 Å². The van der Waals surface area contributed by atoms with Gasteiger partial charge < -0.3 is 10.1 Å². The van der Waals surface area contributed by atoms with Gasteiger partial charge in [0.1, 0.15) is 5.82 Å². The van der Waals surface area contributed by atoms with Crippen LogP contribution in [0.15, 0.2) is 36.5 Å². The van der Waals surface area contributed by atoms with E-state index in [0.717, 1.165) is 5.69 Å². The SMILES string of the molecule is CCOc1ncccc1NCc1ccc(Cl)cc1F. The molecule has 2 rings (SSSR count). The van der Waals surface area contributed by atoms with Gasteiger partial charge in [0.15, 0.2) is 0 Å². The van der Waals surface area contributed by atoms with Crippen LogP contribution in [0.25, 0.3) is 0 Å². The number of ether oxygens (including phenoxy) is 1. The van der Waals surface area contributed by atoms with Crippen molar-refractivity contribution in [3.63, 3.8) is 0 Å². The second kappa shape index (κ2) is 6.38. The van der Waals surface area contributed by atoms with Gasteiger partial charge in [-0.15, -0.1) is 0 Å². The Morgan fingerprint density at radius 1 is 1.37 bits per heavy atom. The molecule has 2 aromatic rings. The summed E-state index contributed by atoms with van der Waals surface area (Å²) in [6, 6.07) is 8.25. The molecule has 1 aromatic heterocycles. The van der Waals surface area contributed by atoms with Crippen LogP contribution < -0.4 is 10.1 Å². The number of nitrogens with one attached hydrogen (secondary N) is 1. The van der Waals surface area contributed by atoms with E-state index < -0.39 is 0 Å². The lowest BCUT2D eigenvalue weighted by Crippen LogP contribution is -2.05. The summed E-state index contributed by atoms with van der Waals surface area (Å²) in [6.45, 7) is 2.76. The molecule has 5 heteroatoms. The predicted octanol–water partition coefficient (Wildman–Crippen LogP) is 3.88. The fourth-order valence-corrected chi connectivity index (χ4v) is 1.79. The molecular formula is C14H14ClFN2O. The lowest BCUT2D eigenvalue weighted by Gasteiger charge is -2.11. The maximum absolute atomic E-state index is 13.6. The van der Waals surface area contributed by atoms with Crippen LogP contribution in [0, 0.1) is 5.82 Å². The predicted molar refractivity (Wildman–Crippen MR) is 74.1 cm³/mol. The highest BCUT2D eigenvalue weighted by molar-refractivity contribution is 6.30. The third-order valence-electron chi connectivity index (χ3n) is 2.54. The number of aromatic nitrogens is 1. The summed E-state index contributed by atoms with van der Waals surface area (Å²) in [6.07, 6.45) is 1.65. The third-order valence-corrected chi connectivity index (χ3v) is 2.77. The van der Waals surface area contributed by atoms with Gasteiger partial charge in [-0.2, -0.15) is 0 Å². The average molecular weight is 281 g/mol. The molecular weight excluding hydrogens is 267 g/mol. The summed E-state index contributed by atoms with van der Waals surface area (Å²) in [5.74, 6) is 0.182. The number of halogens is 2. The van der Waals surface area contributed by atoms with E-state index in [1.165, 1.54) is 6.07 Å². The summed E-state index contributed by atoms with van der Waals surface area (Å²) >= 11 is 5.71. The third kappa shape index (κ3) is 3.58. The molecule has 0 radical (unpaired) electrons. The molecule has 0 aliphatic carbocycles. The monoisotopic (exact) mass is 280 g/mol. The van der Waals surface area contributed by atoms with E-state index in [2.05, 4.69) is 10.3 Å². The smallest absolute Gasteiger partial charge is 0.237 e. The molecule has 0 spiro atoms. The second-order valence-corrected chi connectivity index (χ2v) is 4.31. The van der Waals surface area contributed by atoms with E-state index in [-0.39, 0.29) is 5.82 Å². The number of anilines is 1. The number of benzene rings is 1. The Labute approximate surface area is 116 Å². The van der Waals surface area contributed by atoms with Crippen LogP contribution in [0.3, 0.4) is 0 Å². The Hall–Kier alpha value is -1.81. The van der Waals surface area contributed by atoms with Crippen LogP contribution >= 0.6 is 11.6 Å². The van der Waals surface area contributed by atoms with Crippen molar-refractivity contribution in [2.45, 2.75) is 13.5 Å². The first kappa shape index (κ1) is 13.6. The van der Waals surface area contributed by atoms with Crippen LogP contribution in [-0.2, 0) is 6.54 Å². The van der Waals surface area contributed by atoms with Gasteiger partial charge in [-0.1, -0.05) is 17.7 Å². The summed E-state index contributed by atoms with van der Waals surface area (Å²) in [7, 11) is 0. The number of pyridine rings is 1. The van der Waals surface area contributed by atoms with E-state index in [1.54, 1.807) is 24.4 Å². The summed E-state index contributed by atoms with van der Waals surface area (Å²) < 4.78 is 19.0. The minimum Gasteiger partial charge on any atom is -0.476 e. The first-order valence-corrected chi connectivity index (χ1v) is 6.34. The van der Waals surface area contributed by atoms with Gasteiger partial charge in [0.2, 0.25) is 5.88 Å². The number of hydrogen-bond donors (Lipinski definition) is 1. The standard InChI is InChI=1S/C14H14ClFN2O/c1-2-19-14-13(4-3-7-17-14)18-9-10-5-6-11(15)8-12(10)16/h3-8,18H,2,9H2,1H3. The van der Waals surface area contributed by atoms with Crippen LogP contribution in [0.5, 0.6) is 5.88 Å². The summed E-state index contributed by atoms with van der Waals surface area (Å²) in [4.78, 5) is 4.12. The molecule has 100 valence electrons. The zero-order valence-corrected chi connectivity index (χ0v) is 11.2. The molecule has 0 bridgehead atoms. The highest BCUT2D eigenvalue weighted by atomic mass is 35.5. The van der Waals surface area contributed by atoms with Crippen LogP contribution in [0.1, 0.15) is 12.5 Å². The lowest BCUT2D eigenvalue weighted by atomic mass is 10.2. The Morgan fingerprint density at radius 3 is 2.95 bits per heavy atom. The molecule has 0 aliphatic heterocycles. The molecule has 0 saturated carbocycles. The van der Waals surface area contributed by atoms with E-state index >= 15 is 0 Å². The maximum atomic E-state index is 13.6. The first-order chi connectivity index (χ1) is 9.20. The molecule has 1 N–H and O–H groups in total. The van der Waals surface area contributed by atoms with Crippen LogP contribution in [0.4, 0.5) is 10.1 Å². The minimum absolute atomic E-state index is 0.332. The largest absolute Gasteiger partial charge is 0.476 e. The second-order valence-electron chi connectivity index (χ2n) is 3.88. The molecule has 1 heterocycles. The van der Waals surface area contributed by atoms with Crippen LogP contribution in [0.2, 0.25) is 5.02 Å². The van der Waals surface area contributed by atoms with Gasteiger partial charge in [0.25, 0.3) is 0 Å². The Bertz CT molecular complexity index is 563. The lowest BCUT2D eigenvalue weighted by molar-refractivity contribution is 0.328. The van der Waals surface area contributed by atoms with E-state index in [1.807, 2.05) is 13.0 Å². The maximum Gasteiger partial charge on any atom is 0.237 e. The molecule has 0 aliphatic rings. The molecule has 0 unspecified atom stereocenters. The molecule has 0 fully saturated rings. The molecule has 0 saturated heterocycles. The Morgan fingerprint density at radius 2 is 2.21 bits per heavy atom. The fourth-order valence-electron chi connectivity index (χ4n) is 1.63. The highest BCUT2D eigenvalue weighted by Crippen LogP contribution is 2.22. The van der Waals surface area contributed by atoms with Crippen molar-refractivity contribution in [2.24, 2.45) is 0 Å². The van der Waals surface area contributed by atoms with Gasteiger partial charge >= 0.3 is 0 Å². The van der Waals surface area contributed by atoms with Gasteiger partial charge in [0.05, 0.1) is 12.3 Å². The normalized spacial score (nSPS) is 10.3. The van der Waals surface area contributed by atoms with Gasteiger partial charge in [-0.05, 0) is 31.2 Å². The minimum atomic E-state index is -0.332. The van der Waals surface area contributed by atoms with Gasteiger partial charge in [-0.25, -0.2) is 9.37 Å². The zero-order chi connectivity index (χ0) is 13.7. The van der Waals surface area contributed by atoms with E-state index in [0.29, 0.717) is 29.6 Å². The van der Waals surface area contributed by atoms with Crippen molar-refractivity contribution in [3.8, 4) is 5.88 Å². The molecule has 0 atom stereocenters. The Kier molecular flexibility index (Phi) is 4.58. The van der Waals surface area contributed by atoms with E-state index in [4.69, 9.17) is 16.3 Å². The van der Waals surface area contributed by atoms with Crippen molar-refractivity contribution < 1.29 is 9.13 Å². The van der Waals surface area contributed by atoms with E-state index in [9.17, 15) is 4.39 Å². The average Bonchev–Trinajstić information content (AvgIpc) is 2.40. The van der Waals surface area contributed by atoms with Crippen LogP contribution in [-0.4, -0.2) is 11.6 Å². The fraction of sp³-hybridized carbons (Fsp3) is 0.214. The molecule has 19 heavy (non-hydrogen) atoms. The summed E-state index contributed by atoms with van der Waals surface area (Å²) in [5.41, 5.74) is 1.27. The zero-order valence-electron chi connectivity index (χ0n) is 10.5. The Balaban J connectivity index is 2.10.